The molecule has 0 unspecified atom stereocenters. The summed E-state index contributed by atoms with van der Waals surface area (Å²) < 4.78 is 13.7. The molecule has 0 bridgehead atoms. The van der Waals surface area contributed by atoms with E-state index in [1.807, 2.05) is 7.05 Å². The molecule has 104 valence electrons. The van der Waals surface area contributed by atoms with Crippen molar-refractivity contribution < 1.29 is 9.18 Å². The summed E-state index contributed by atoms with van der Waals surface area (Å²) in [5, 5.41) is 0. The lowest BCUT2D eigenvalue weighted by Gasteiger charge is -2.45. The minimum Gasteiger partial charge on any atom is -0.399 e. The smallest absolute Gasteiger partial charge is 0.257 e. The van der Waals surface area contributed by atoms with Gasteiger partial charge in [0.25, 0.3) is 5.91 Å². The number of hydrogen-bond acceptors (Lipinski definition) is 3. The number of rotatable bonds is 1. The van der Waals surface area contributed by atoms with Crippen LogP contribution < -0.4 is 5.73 Å². The van der Waals surface area contributed by atoms with Crippen LogP contribution >= 0.6 is 0 Å². The molecule has 1 fully saturated rings. The summed E-state index contributed by atoms with van der Waals surface area (Å²) >= 11 is 0. The third-order valence-electron chi connectivity index (χ3n) is 3.82. The van der Waals surface area contributed by atoms with Crippen molar-refractivity contribution in [2.75, 3.05) is 32.4 Å². The third-order valence-corrected chi connectivity index (χ3v) is 3.82. The summed E-state index contributed by atoms with van der Waals surface area (Å²) in [5.74, 6) is -0.804. The molecule has 1 amide bonds. The van der Waals surface area contributed by atoms with Crippen molar-refractivity contribution in [2.24, 2.45) is 0 Å². The Hall–Kier alpha value is -1.62. The molecule has 1 heterocycles. The lowest BCUT2D eigenvalue weighted by molar-refractivity contribution is 0.0308. The standard InChI is InChI=1S/C14H20FN3O/c1-14(2)9-18(7-6-17(14)3)13(19)11-8-10(16)4-5-12(11)15/h4-5,8H,6-7,9,16H2,1-3H3. The molecule has 0 saturated carbocycles. The van der Waals surface area contributed by atoms with Crippen LogP contribution in [0, 0.1) is 5.82 Å². The van der Waals surface area contributed by atoms with Gasteiger partial charge in [-0.15, -0.1) is 0 Å². The highest BCUT2D eigenvalue weighted by atomic mass is 19.1. The van der Waals surface area contributed by atoms with Crippen molar-refractivity contribution in [3.8, 4) is 0 Å². The number of amides is 1. The summed E-state index contributed by atoms with van der Waals surface area (Å²) in [6.07, 6.45) is 0. The maximum absolute atomic E-state index is 13.7. The molecule has 2 rings (SSSR count). The Morgan fingerprint density at radius 3 is 2.68 bits per heavy atom. The van der Waals surface area contributed by atoms with Crippen molar-refractivity contribution in [3.63, 3.8) is 0 Å². The summed E-state index contributed by atoms with van der Waals surface area (Å²) in [6, 6.07) is 4.10. The second-order valence-corrected chi connectivity index (χ2v) is 5.70. The second kappa shape index (κ2) is 4.81. The third kappa shape index (κ3) is 2.71. The van der Waals surface area contributed by atoms with Gasteiger partial charge in [0.15, 0.2) is 0 Å². The maximum Gasteiger partial charge on any atom is 0.257 e. The van der Waals surface area contributed by atoms with E-state index in [2.05, 4.69) is 18.7 Å². The van der Waals surface area contributed by atoms with Crippen LogP contribution in [0.2, 0.25) is 0 Å². The fourth-order valence-electron chi connectivity index (χ4n) is 2.29. The predicted octanol–water partition coefficient (Wildman–Crippen LogP) is 1.57. The molecule has 1 saturated heterocycles. The zero-order valence-electron chi connectivity index (χ0n) is 11.6. The van der Waals surface area contributed by atoms with Crippen LogP contribution in [0.1, 0.15) is 24.2 Å². The number of nitrogens with two attached hydrogens (primary N) is 1. The van der Waals surface area contributed by atoms with Crippen LogP contribution in [-0.2, 0) is 0 Å². The average Bonchev–Trinajstić information content (AvgIpc) is 2.35. The molecule has 0 spiro atoms. The zero-order chi connectivity index (χ0) is 14.2. The average molecular weight is 265 g/mol. The van der Waals surface area contributed by atoms with E-state index in [9.17, 15) is 9.18 Å². The fourth-order valence-corrected chi connectivity index (χ4v) is 2.29. The summed E-state index contributed by atoms with van der Waals surface area (Å²) in [7, 11) is 2.03. The van der Waals surface area contributed by atoms with Crippen molar-refractivity contribution in [1.82, 2.24) is 9.80 Å². The molecular formula is C14H20FN3O. The first kappa shape index (κ1) is 13.8. The van der Waals surface area contributed by atoms with Gasteiger partial charge in [-0.1, -0.05) is 0 Å². The number of piperazine rings is 1. The molecule has 1 aliphatic rings. The monoisotopic (exact) mass is 265 g/mol. The molecule has 0 aromatic heterocycles. The molecular weight excluding hydrogens is 245 g/mol. The SMILES string of the molecule is CN1CCN(C(=O)c2cc(N)ccc2F)CC1(C)C. The fraction of sp³-hybridized carbons (Fsp3) is 0.500. The van der Waals surface area contributed by atoms with E-state index in [4.69, 9.17) is 5.73 Å². The Kier molecular flexibility index (Phi) is 3.49. The van der Waals surface area contributed by atoms with Gasteiger partial charge in [-0.05, 0) is 39.1 Å². The topological polar surface area (TPSA) is 49.6 Å². The van der Waals surface area contributed by atoms with Crippen LogP contribution in [0.4, 0.5) is 10.1 Å². The first-order chi connectivity index (χ1) is 8.81. The molecule has 1 aromatic rings. The van der Waals surface area contributed by atoms with Crippen molar-refractivity contribution >= 4 is 11.6 Å². The molecule has 2 N–H and O–H groups in total. The van der Waals surface area contributed by atoms with Crippen LogP contribution in [0.25, 0.3) is 0 Å². The second-order valence-electron chi connectivity index (χ2n) is 5.70. The molecule has 4 nitrogen and oxygen atoms in total. The van der Waals surface area contributed by atoms with Gasteiger partial charge < -0.3 is 10.6 Å². The first-order valence-electron chi connectivity index (χ1n) is 6.37. The zero-order valence-corrected chi connectivity index (χ0v) is 11.6. The summed E-state index contributed by atoms with van der Waals surface area (Å²) in [5.41, 5.74) is 5.98. The van der Waals surface area contributed by atoms with Crippen molar-refractivity contribution in [3.05, 3.63) is 29.6 Å². The summed E-state index contributed by atoms with van der Waals surface area (Å²) in [4.78, 5) is 16.3. The number of carbonyl (C=O) groups is 1. The Morgan fingerprint density at radius 1 is 1.37 bits per heavy atom. The van der Waals surface area contributed by atoms with Gasteiger partial charge in [-0.3, -0.25) is 9.69 Å². The highest BCUT2D eigenvalue weighted by molar-refractivity contribution is 5.95. The highest BCUT2D eigenvalue weighted by Gasteiger charge is 2.34. The highest BCUT2D eigenvalue weighted by Crippen LogP contribution is 2.22. The minimum absolute atomic E-state index is 0.0559. The number of nitrogens with zero attached hydrogens (tertiary/aromatic N) is 2. The van der Waals surface area contributed by atoms with Gasteiger partial charge in [0, 0.05) is 30.9 Å². The number of anilines is 1. The Bertz CT molecular complexity index is 501. The number of nitrogen functional groups attached to an aromatic ring is 1. The van der Waals surface area contributed by atoms with Gasteiger partial charge in [0.2, 0.25) is 0 Å². The van der Waals surface area contributed by atoms with Gasteiger partial charge >= 0.3 is 0 Å². The van der Waals surface area contributed by atoms with Crippen LogP contribution in [-0.4, -0.2) is 47.9 Å². The van der Waals surface area contributed by atoms with E-state index >= 15 is 0 Å². The Balaban J connectivity index is 2.23. The quantitative estimate of drug-likeness (QED) is 0.784. The number of halogens is 1. The van der Waals surface area contributed by atoms with Crippen LogP contribution in [0.5, 0.6) is 0 Å². The van der Waals surface area contributed by atoms with Gasteiger partial charge in [0.1, 0.15) is 5.82 Å². The van der Waals surface area contributed by atoms with Gasteiger partial charge in [-0.2, -0.15) is 0 Å². The summed E-state index contributed by atoms with van der Waals surface area (Å²) in [6.45, 7) is 6.11. The number of carbonyl (C=O) groups excluding carboxylic acids is 1. The minimum atomic E-state index is -0.518. The van der Waals surface area contributed by atoms with Crippen LogP contribution in [0.15, 0.2) is 18.2 Å². The van der Waals surface area contributed by atoms with Gasteiger partial charge in [0.05, 0.1) is 5.56 Å². The molecule has 5 heteroatoms. The van der Waals surface area contributed by atoms with E-state index in [1.54, 1.807) is 4.90 Å². The largest absolute Gasteiger partial charge is 0.399 e. The Labute approximate surface area is 113 Å². The molecule has 1 aromatic carbocycles. The van der Waals surface area contributed by atoms with E-state index in [1.165, 1.54) is 18.2 Å². The van der Waals surface area contributed by atoms with E-state index in [0.29, 0.717) is 18.8 Å². The lowest BCUT2D eigenvalue weighted by Crippen LogP contribution is -2.58. The maximum atomic E-state index is 13.7. The van der Waals surface area contributed by atoms with Crippen molar-refractivity contribution in [1.29, 1.82) is 0 Å². The molecule has 0 aliphatic carbocycles. The first-order valence-corrected chi connectivity index (χ1v) is 6.37. The van der Waals surface area contributed by atoms with Crippen molar-refractivity contribution in [2.45, 2.75) is 19.4 Å². The number of likely N-dealkylation sites (N-methyl/N-ethyl adjacent to an activating group) is 1. The number of benzene rings is 1. The van der Waals surface area contributed by atoms with E-state index in [0.717, 1.165) is 6.54 Å². The molecule has 1 aliphatic heterocycles. The van der Waals surface area contributed by atoms with Gasteiger partial charge in [-0.25, -0.2) is 4.39 Å². The normalized spacial score (nSPS) is 19.5. The molecule has 0 atom stereocenters. The molecule has 19 heavy (non-hydrogen) atoms. The lowest BCUT2D eigenvalue weighted by atomic mass is 9.99. The Morgan fingerprint density at radius 2 is 2.05 bits per heavy atom. The predicted molar refractivity (Wildman–Crippen MR) is 73.4 cm³/mol. The van der Waals surface area contributed by atoms with Crippen LogP contribution in [0.3, 0.4) is 0 Å². The van der Waals surface area contributed by atoms with E-state index in [-0.39, 0.29) is 17.0 Å². The molecule has 0 radical (unpaired) electrons. The number of hydrogen-bond donors (Lipinski definition) is 1. The van der Waals surface area contributed by atoms with E-state index < -0.39 is 5.82 Å².